The minimum Gasteiger partial charge on any atom is -0.364 e. The van der Waals surface area contributed by atoms with Gasteiger partial charge in [-0.2, -0.15) is 18.3 Å². The van der Waals surface area contributed by atoms with Gasteiger partial charge in [0.05, 0.1) is 33.5 Å². The number of anilines is 1. The van der Waals surface area contributed by atoms with E-state index in [2.05, 4.69) is 15.4 Å². The van der Waals surface area contributed by atoms with Crippen LogP contribution in [0.3, 0.4) is 0 Å². The predicted molar refractivity (Wildman–Crippen MR) is 94.9 cm³/mol. The second-order valence-electron chi connectivity index (χ2n) is 5.54. The summed E-state index contributed by atoms with van der Waals surface area (Å²) < 4.78 is 40.1. The Bertz CT molecular complexity index is 900. The Kier molecular flexibility index (Phi) is 5.11. The quantitative estimate of drug-likeness (QED) is 0.627. The van der Waals surface area contributed by atoms with Crippen LogP contribution in [0.4, 0.5) is 19.0 Å². The van der Waals surface area contributed by atoms with E-state index in [1.165, 1.54) is 4.68 Å². The Morgan fingerprint density at radius 2 is 1.81 bits per heavy atom. The van der Waals surface area contributed by atoms with Crippen molar-refractivity contribution in [2.45, 2.75) is 19.6 Å². The van der Waals surface area contributed by atoms with Crippen molar-refractivity contribution < 1.29 is 13.2 Å². The number of hydrogen-bond donors (Lipinski definition) is 1. The molecule has 0 aliphatic heterocycles. The fourth-order valence-corrected chi connectivity index (χ4v) is 3.06. The lowest BCUT2D eigenvalue weighted by Gasteiger charge is -2.15. The molecule has 0 atom stereocenters. The Balaban J connectivity index is 1.97. The minimum atomic E-state index is -4.54. The van der Waals surface area contributed by atoms with E-state index in [-0.39, 0.29) is 15.7 Å². The van der Waals surface area contributed by atoms with Gasteiger partial charge < -0.3 is 5.32 Å². The first-order valence-corrected chi connectivity index (χ1v) is 8.28. The molecule has 3 aromatic rings. The normalized spacial score (nSPS) is 11.6. The molecule has 0 saturated heterocycles. The maximum Gasteiger partial charge on any atom is 0.416 e. The standard InChI is InChI=1S/C17H13Cl2F3N4/c1-10-6-15(24-9-12-4-2-3-5-23-12)26(25-10)16-13(18)7-11(8-14(16)19)17(20,21)22/h2-8,24H,9H2,1H3. The summed E-state index contributed by atoms with van der Waals surface area (Å²) in [5.74, 6) is 0.539. The third-order valence-electron chi connectivity index (χ3n) is 3.56. The van der Waals surface area contributed by atoms with Gasteiger partial charge in [-0.25, -0.2) is 4.68 Å². The van der Waals surface area contributed by atoms with Crippen LogP contribution in [0.15, 0.2) is 42.6 Å². The molecule has 136 valence electrons. The molecule has 0 aliphatic carbocycles. The Hall–Kier alpha value is -2.25. The summed E-state index contributed by atoms with van der Waals surface area (Å²) in [6.07, 6.45) is -2.87. The molecular weight excluding hydrogens is 388 g/mol. The van der Waals surface area contributed by atoms with Crippen molar-refractivity contribution in [3.63, 3.8) is 0 Å². The van der Waals surface area contributed by atoms with Crippen LogP contribution in [-0.2, 0) is 12.7 Å². The zero-order chi connectivity index (χ0) is 18.9. The van der Waals surface area contributed by atoms with E-state index in [0.717, 1.165) is 17.8 Å². The number of hydrogen-bond acceptors (Lipinski definition) is 3. The Morgan fingerprint density at radius 3 is 2.38 bits per heavy atom. The average molecular weight is 401 g/mol. The summed E-state index contributed by atoms with van der Waals surface area (Å²) in [7, 11) is 0. The topological polar surface area (TPSA) is 42.7 Å². The highest BCUT2D eigenvalue weighted by Gasteiger charge is 2.32. The number of aromatic nitrogens is 3. The lowest BCUT2D eigenvalue weighted by molar-refractivity contribution is -0.137. The van der Waals surface area contributed by atoms with Crippen LogP contribution in [0, 0.1) is 6.92 Å². The molecule has 9 heteroatoms. The second-order valence-corrected chi connectivity index (χ2v) is 6.36. The van der Waals surface area contributed by atoms with E-state index in [1.54, 1.807) is 25.3 Å². The highest BCUT2D eigenvalue weighted by atomic mass is 35.5. The third-order valence-corrected chi connectivity index (χ3v) is 4.14. The van der Waals surface area contributed by atoms with E-state index < -0.39 is 11.7 Å². The average Bonchev–Trinajstić information content (AvgIpc) is 2.93. The first-order valence-electron chi connectivity index (χ1n) is 7.53. The van der Waals surface area contributed by atoms with Crippen LogP contribution >= 0.6 is 23.2 Å². The summed E-state index contributed by atoms with van der Waals surface area (Å²) in [4.78, 5) is 4.21. The fraction of sp³-hybridized carbons (Fsp3) is 0.176. The van der Waals surface area contributed by atoms with Gasteiger partial charge in [0.1, 0.15) is 11.5 Å². The maximum atomic E-state index is 12.9. The summed E-state index contributed by atoms with van der Waals surface area (Å²) in [6, 6.07) is 8.92. The van der Waals surface area contributed by atoms with E-state index in [1.807, 2.05) is 12.1 Å². The number of nitrogens with one attached hydrogen (secondary N) is 1. The molecule has 26 heavy (non-hydrogen) atoms. The lowest BCUT2D eigenvalue weighted by Crippen LogP contribution is -2.10. The number of halogens is 5. The van der Waals surface area contributed by atoms with Crippen LogP contribution in [-0.4, -0.2) is 14.8 Å². The number of benzene rings is 1. The maximum absolute atomic E-state index is 12.9. The molecule has 2 heterocycles. The van der Waals surface area contributed by atoms with Crippen LogP contribution in [0.5, 0.6) is 0 Å². The number of pyridine rings is 1. The number of aryl methyl sites for hydroxylation is 1. The van der Waals surface area contributed by atoms with Gasteiger partial charge in [0, 0.05) is 12.3 Å². The van der Waals surface area contributed by atoms with E-state index in [9.17, 15) is 13.2 Å². The first-order chi connectivity index (χ1) is 12.3. The van der Waals surface area contributed by atoms with Crippen molar-refractivity contribution in [2.24, 2.45) is 0 Å². The van der Waals surface area contributed by atoms with Crippen molar-refractivity contribution in [3.05, 3.63) is 69.6 Å². The smallest absolute Gasteiger partial charge is 0.364 e. The third kappa shape index (κ3) is 3.94. The molecule has 0 spiro atoms. The molecule has 0 radical (unpaired) electrons. The van der Waals surface area contributed by atoms with Gasteiger partial charge in [0.15, 0.2) is 0 Å². The zero-order valence-electron chi connectivity index (χ0n) is 13.5. The number of rotatable bonds is 4. The van der Waals surface area contributed by atoms with E-state index >= 15 is 0 Å². The number of nitrogens with zero attached hydrogens (tertiary/aromatic N) is 3. The molecule has 3 rings (SSSR count). The molecule has 2 aromatic heterocycles. The van der Waals surface area contributed by atoms with Crippen molar-refractivity contribution in [3.8, 4) is 5.69 Å². The molecule has 1 N–H and O–H groups in total. The molecule has 0 unspecified atom stereocenters. The highest BCUT2D eigenvalue weighted by molar-refractivity contribution is 6.37. The SMILES string of the molecule is Cc1cc(NCc2ccccn2)n(-c2c(Cl)cc(C(F)(F)F)cc2Cl)n1. The van der Waals surface area contributed by atoms with Gasteiger partial charge in [-0.1, -0.05) is 29.3 Å². The predicted octanol–water partition coefficient (Wildman–Crippen LogP) is 5.51. The van der Waals surface area contributed by atoms with Crippen molar-refractivity contribution in [1.29, 1.82) is 0 Å². The van der Waals surface area contributed by atoms with Gasteiger partial charge >= 0.3 is 6.18 Å². The molecule has 1 aromatic carbocycles. The van der Waals surface area contributed by atoms with Crippen LogP contribution < -0.4 is 5.32 Å². The van der Waals surface area contributed by atoms with Gasteiger partial charge in [0.2, 0.25) is 0 Å². The molecule has 0 saturated carbocycles. The van der Waals surface area contributed by atoms with Gasteiger partial charge in [-0.15, -0.1) is 0 Å². The van der Waals surface area contributed by atoms with Crippen molar-refractivity contribution >= 4 is 29.0 Å². The summed E-state index contributed by atoms with van der Waals surface area (Å²) in [5.41, 5.74) is 0.712. The summed E-state index contributed by atoms with van der Waals surface area (Å²) >= 11 is 12.2. The van der Waals surface area contributed by atoms with Crippen molar-refractivity contribution in [1.82, 2.24) is 14.8 Å². The lowest BCUT2D eigenvalue weighted by atomic mass is 10.2. The summed E-state index contributed by atoms with van der Waals surface area (Å²) in [6.45, 7) is 2.16. The minimum absolute atomic E-state index is 0.145. The molecule has 4 nitrogen and oxygen atoms in total. The van der Waals surface area contributed by atoms with Crippen LogP contribution in [0.2, 0.25) is 10.0 Å². The first kappa shape index (κ1) is 18.5. The van der Waals surface area contributed by atoms with Crippen molar-refractivity contribution in [2.75, 3.05) is 5.32 Å². The molecule has 0 bridgehead atoms. The Labute approximate surface area is 157 Å². The Morgan fingerprint density at radius 1 is 1.12 bits per heavy atom. The summed E-state index contributed by atoms with van der Waals surface area (Å²) in [5, 5.41) is 7.15. The largest absolute Gasteiger partial charge is 0.416 e. The molecule has 0 aliphatic rings. The highest BCUT2D eigenvalue weighted by Crippen LogP contribution is 2.38. The van der Waals surface area contributed by atoms with Gasteiger partial charge in [0.25, 0.3) is 0 Å². The second kappa shape index (κ2) is 7.17. The van der Waals surface area contributed by atoms with Gasteiger partial charge in [-0.05, 0) is 31.2 Å². The van der Waals surface area contributed by atoms with E-state index in [4.69, 9.17) is 23.2 Å². The molecule has 0 fully saturated rings. The molecule has 0 amide bonds. The van der Waals surface area contributed by atoms with Gasteiger partial charge in [-0.3, -0.25) is 4.98 Å². The zero-order valence-corrected chi connectivity index (χ0v) is 15.0. The van der Waals surface area contributed by atoms with Crippen LogP contribution in [0.1, 0.15) is 17.0 Å². The molecular formula is C17H13Cl2F3N4. The monoisotopic (exact) mass is 400 g/mol. The number of alkyl halides is 3. The van der Waals surface area contributed by atoms with E-state index in [0.29, 0.717) is 18.1 Å². The fourth-order valence-electron chi connectivity index (χ4n) is 2.41. The van der Waals surface area contributed by atoms with Crippen LogP contribution in [0.25, 0.3) is 5.69 Å².